The van der Waals surface area contributed by atoms with Gasteiger partial charge in [-0.05, 0) is 37.0 Å². The summed E-state index contributed by atoms with van der Waals surface area (Å²) in [5, 5.41) is 8.54. The molecule has 1 amide bonds. The van der Waals surface area contributed by atoms with Crippen molar-refractivity contribution in [3.8, 4) is 0 Å². The summed E-state index contributed by atoms with van der Waals surface area (Å²) in [7, 11) is 0. The molecule has 0 aromatic carbocycles. The van der Waals surface area contributed by atoms with E-state index in [1.165, 1.54) is 0 Å². The number of amides is 1. The Labute approximate surface area is 99.1 Å². The fraction of sp³-hybridized carbons (Fsp3) is 0.308. The monoisotopic (exact) mass is 231 g/mol. The molecule has 0 atom stereocenters. The predicted octanol–water partition coefficient (Wildman–Crippen LogP) is 2.04. The Kier molecular flexibility index (Phi) is 3.32. The van der Waals surface area contributed by atoms with Crippen LogP contribution in [-0.4, -0.2) is 22.7 Å². The van der Waals surface area contributed by atoms with Crippen LogP contribution in [0.4, 0.5) is 0 Å². The van der Waals surface area contributed by atoms with Crippen LogP contribution < -0.4 is 0 Å². The third-order valence-electron chi connectivity index (χ3n) is 2.71. The number of aliphatic imine (C=N–C) groups is 1. The number of hydrogen-bond acceptors (Lipinski definition) is 2. The summed E-state index contributed by atoms with van der Waals surface area (Å²) >= 11 is 0. The zero-order valence-electron chi connectivity index (χ0n) is 9.35. The Morgan fingerprint density at radius 1 is 1.47 bits per heavy atom. The molecule has 0 fully saturated rings. The number of carbonyl (C=O) groups excluding carboxylic acids is 1. The third-order valence-corrected chi connectivity index (χ3v) is 2.71. The van der Waals surface area contributed by atoms with Gasteiger partial charge in [-0.2, -0.15) is 0 Å². The maximum Gasteiger partial charge on any atom is 0.303 e. The molecule has 0 aromatic heterocycles. The van der Waals surface area contributed by atoms with Crippen molar-refractivity contribution in [3.05, 3.63) is 35.5 Å². The lowest BCUT2D eigenvalue weighted by molar-refractivity contribution is -0.137. The fourth-order valence-corrected chi connectivity index (χ4v) is 1.85. The van der Waals surface area contributed by atoms with Crippen LogP contribution in [0.5, 0.6) is 0 Å². The Bertz CT molecular complexity index is 481. The minimum absolute atomic E-state index is 0.0835. The molecule has 4 heteroatoms. The van der Waals surface area contributed by atoms with Crippen LogP contribution in [-0.2, 0) is 9.59 Å². The van der Waals surface area contributed by atoms with E-state index in [1.54, 1.807) is 0 Å². The van der Waals surface area contributed by atoms with Gasteiger partial charge in [0.05, 0.1) is 5.71 Å². The highest BCUT2D eigenvalue weighted by Gasteiger charge is 2.18. The van der Waals surface area contributed by atoms with Crippen molar-refractivity contribution < 1.29 is 14.7 Å². The van der Waals surface area contributed by atoms with Gasteiger partial charge in [0.25, 0.3) is 5.91 Å². The van der Waals surface area contributed by atoms with E-state index in [9.17, 15) is 9.59 Å². The Balaban J connectivity index is 2.04. The summed E-state index contributed by atoms with van der Waals surface area (Å²) in [6.45, 7) is 0. The van der Waals surface area contributed by atoms with Gasteiger partial charge in [-0.3, -0.25) is 9.59 Å². The van der Waals surface area contributed by atoms with Gasteiger partial charge >= 0.3 is 5.97 Å². The number of fused-ring (bicyclic) bond motifs is 1. The molecule has 4 nitrogen and oxygen atoms in total. The van der Waals surface area contributed by atoms with E-state index in [4.69, 9.17) is 5.11 Å². The van der Waals surface area contributed by atoms with Crippen molar-refractivity contribution in [3.63, 3.8) is 0 Å². The quantitative estimate of drug-likeness (QED) is 0.805. The lowest BCUT2D eigenvalue weighted by atomic mass is 9.95. The van der Waals surface area contributed by atoms with Crippen LogP contribution in [0.25, 0.3) is 0 Å². The summed E-state index contributed by atoms with van der Waals surface area (Å²) in [6, 6.07) is 0. The molecule has 1 N–H and O–H groups in total. The van der Waals surface area contributed by atoms with Gasteiger partial charge in [-0.1, -0.05) is 12.2 Å². The van der Waals surface area contributed by atoms with E-state index >= 15 is 0 Å². The minimum Gasteiger partial charge on any atom is -0.481 e. The first-order valence-electron chi connectivity index (χ1n) is 5.59. The molecule has 0 aromatic rings. The first kappa shape index (κ1) is 11.5. The SMILES string of the molecule is O=C(O)CCCC1=CC2=CCC=CC2=NC1=O. The van der Waals surface area contributed by atoms with Gasteiger partial charge in [0, 0.05) is 12.0 Å². The molecule has 17 heavy (non-hydrogen) atoms. The smallest absolute Gasteiger partial charge is 0.303 e. The zero-order valence-corrected chi connectivity index (χ0v) is 9.35. The highest BCUT2D eigenvalue weighted by atomic mass is 16.4. The van der Waals surface area contributed by atoms with Crippen LogP contribution in [0.3, 0.4) is 0 Å². The Hall–Kier alpha value is -1.97. The molecular formula is C13H13NO3. The molecule has 0 radical (unpaired) electrons. The summed E-state index contributed by atoms with van der Waals surface area (Å²) in [4.78, 5) is 26.0. The van der Waals surface area contributed by atoms with Crippen LogP contribution >= 0.6 is 0 Å². The molecule has 1 aliphatic carbocycles. The van der Waals surface area contributed by atoms with Crippen molar-refractivity contribution in [2.45, 2.75) is 25.7 Å². The zero-order chi connectivity index (χ0) is 12.3. The molecule has 0 spiro atoms. The molecule has 0 saturated carbocycles. The van der Waals surface area contributed by atoms with E-state index < -0.39 is 5.97 Å². The first-order chi connectivity index (χ1) is 8.16. The topological polar surface area (TPSA) is 66.7 Å². The van der Waals surface area contributed by atoms with E-state index in [1.807, 2.05) is 24.3 Å². The lowest BCUT2D eigenvalue weighted by Gasteiger charge is -2.14. The number of carboxylic acid groups (broad SMARTS) is 1. The van der Waals surface area contributed by atoms with E-state index in [-0.39, 0.29) is 12.3 Å². The summed E-state index contributed by atoms with van der Waals surface area (Å²) < 4.78 is 0. The highest BCUT2D eigenvalue weighted by molar-refractivity contribution is 6.20. The number of carboxylic acids is 1. The number of dihydropyridines is 1. The molecule has 1 heterocycles. The van der Waals surface area contributed by atoms with Gasteiger partial charge < -0.3 is 5.11 Å². The van der Waals surface area contributed by atoms with Crippen LogP contribution in [0, 0.1) is 0 Å². The predicted molar refractivity (Wildman–Crippen MR) is 63.9 cm³/mol. The summed E-state index contributed by atoms with van der Waals surface area (Å²) in [5.74, 6) is -1.08. The van der Waals surface area contributed by atoms with Gasteiger partial charge in [0.1, 0.15) is 0 Å². The minimum atomic E-state index is -0.835. The van der Waals surface area contributed by atoms with Crippen molar-refractivity contribution in [1.29, 1.82) is 0 Å². The van der Waals surface area contributed by atoms with Crippen LogP contribution in [0.15, 0.2) is 40.4 Å². The molecule has 0 saturated heterocycles. The number of rotatable bonds is 4. The molecule has 2 rings (SSSR count). The number of allylic oxidation sites excluding steroid dienone is 5. The number of aliphatic carboxylic acids is 1. The molecule has 0 bridgehead atoms. The van der Waals surface area contributed by atoms with E-state index in [0.717, 1.165) is 12.0 Å². The molecule has 1 aliphatic heterocycles. The van der Waals surface area contributed by atoms with Gasteiger partial charge in [-0.15, -0.1) is 0 Å². The lowest BCUT2D eigenvalue weighted by Crippen LogP contribution is -2.14. The third kappa shape index (κ3) is 2.78. The number of hydrogen-bond donors (Lipinski definition) is 1. The Morgan fingerprint density at radius 2 is 2.29 bits per heavy atom. The summed E-state index contributed by atoms with van der Waals surface area (Å²) in [5.41, 5.74) is 2.29. The molecule has 2 aliphatic rings. The van der Waals surface area contributed by atoms with Crippen LogP contribution in [0.2, 0.25) is 0 Å². The van der Waals surface area contributed by atoms with Crippen molar-refractivity contribution >= 4 is 17.6 Å². The summed E-state index contributed by atoms with van der Waals surface area (Å²) in [6.07, 6.45) is 9.53. The van der Waals surface area contributed by atoms with Gasteiger partial charge in [0.2, 0.25) is 0 Å². The highest BCUT2D eigenvalue weighted by Crippen LogP contribution is 2.21. The van der Waals surface area contributed by atoms with Crippen LogP contribution in [0.1, 0.15) is 25.7 Å². The standard InChI is InChI=1S/C13H13NO3/c15-12(16)7-3-5-10-8-9-4-1-2-6-11(9)14-13(10)17/h2,4,6,8H,1,3,5,7H2,(H,15,16). The van der Waals surface area contributed by atoms with Gasteiger partial charge in [0.15, 0.2) is 0 Å². The average molecular weight is 231 g/mol. The van der Waals surface area contributed by atoms with Gasteiger partial charge in [-0.25, -0.2) is 4.99 Å². The normalized spacial score (nSPS) is 18.1. The number of carbonyl (C=O) groups is 2. The second-order valence-electron chi connectivity index (χ2n) is 4.02. The molecule has 88 valence electrons. The fourth-order valence-electron chi connectivity index (χ4n) is 1.85. The van der Waals surface area contributed by atoms with E-state index in [2.05, 4.69) is 4.99 Å². The van der Waals surface area contributed by atoms with Crippen molar-refractivity contribution in [2.75, 3.05) is 0 Å². The Morgan fingerprint density at radius 3 is 3.06 bits per heavy atom. The van der Waals surface area contributed by atoms with Crippen molar-refractivity contribution in [1.82, 2.24) is 0 Å². The molecule has 0 unspecified atom stereocenters. The second-order valence-corrected chi connectivity index (χ2v) is 4.02. The average Bonchev–Trinajstić information content (AvgIpc) is 2.29. The second kappa shape index (κ2) is 4.91. The molecular weight excluding hydrogens is 218 g/mol. The maximum atomic E-state index is 11.7. The number of nitrogens with zero attached hydrogens (tertiary/aromatic N) is 1. The largest absolute Gasteiger partial charge is 0.481 e. The first-order valence-corrected chi connectivity index (χ1v) is 5.59. The van der Waals surface area contributed by atoms with Crippen molar-refractivity contribution in [2.24, 2.45) is 4.99 Å². The maximum absolute atomic E-state index is 11.7. The van der Waals surface area contributed by atoms with E-state index in [0.29, 0.717) is 24.1 Å².